The van der Waals surface area contributed by atoms with E-state index in [0.717, 1.165) is 29.1 Å². The summed E-state index contributed by atoms with van der Waals surface area (Å²) in [6.45, 7) is 6.31. The van der Waals surface area contributed by atoms with Crippen LogP contribution < -0.4 is 5.32 Å². The molecule has 3 rings (SSSR count). The lowest BCUT2D eigenvalue weighted by molar-refractivity contribution is 0.520. The van der Waals surface area contributed by atoms with Crippen molar-refractivity contribution in [2.24, 2.45) is 7.05 Å². The first kappa shape index (κ1) is 13.7. The van der Waals surface area contributed by atoms with E-state index in [9.17, 15) is 0 Å². The van der Waals surface area contributed by atoms with Crippen LogP contribution in [0.3, 0.4) is 0 Å². The molecular formula is C17H21N3O. The molecule has 0 aliphatic carbocycles. The second-order valence-corrected chi connectivity index (χ2v) is 5.46. The van der Waals surface area contributed by atoms with E-state index in [4.69, 9.17) is 4.42 Å². The summed E-state index contributed by atoms with van der Waals surface area (Å²) < 4.78 is 7.90. The molecule has 4 nitrogen and oxygen atoms in total. The van der Waals surface area contributed by atoms with E-state index < -0.39 is 0 Å². The van der Waals surface area contributed by atoms with Crippen molar-refractivity contribution in [1.29, 1.82) is 0 Å². The Labute approximate surface area is 124 Å². The summed E-state index contributed by atoms with van der Waals surface area (Å²) >= 11 is 0. The third kappa shape index (κ3) is 2.42. The summed E-state index contributed by atoms with van der Waals surface area (Å²) in [5.74, 6) is 1.02. The lowest BCUT2D eigenvalue weighted by atomic mass is 10.0. The van der Waals surface area contributed by atoms with E-state index in [1.807, 2.05) is 37.0 Å². The molecule has 0 spiro atoms. The first-order valence-electron chi connectivity index (χ1n) is 7.37. The topological polar surface area (TPSA) is 43.0 Å². The second-order valence-electron chi connectivity index (χ2n) is 5.46. The predicted octanol–water partition coefficient (Wildman–Crippen LogP) is 4.21. The highest BCUT2D eigenvalue weighted by Gasteiger charge is 2.19. The van der Waals surface area contributed by atoms with Crippen LogP contribution in [0.4, 0.5) is 5.69 Å². The molecule has 0 amide bonds. The van der Waals surface area contributed by atoms with Crippen molar-refractivity contribution < 1.29 is 4.42 Å². The number of furan rings is 1. The lowest BCUT2D eigenvalue weighted by Crippen LogP contribution is -2.07. The fourth-order valence-electron chi connectivity index (χ4n) is 2.87. The maximum Gasteiger partial charge on any atom is 0.134 e. The summed E-state index contributed by atoms with van der Waals surface area (Å²) in [7, 11) is 1.93. The molecule has 0 radical (unpaired) electrons. The van der Waals surface area contributed by atoms with Gasteiger partial charge in [-0.25, -0.2) is 0 Å². The zero-order valence-electron chi connectivity index (χ0n) is 13.0. The fraction of sp³-hybridized carbons (Fsp3) is 0.353. The molecule has 0 bridgehead atoms. The number of benzene rings is 1. The van der Waals surface area contributed by atoms with Gasteiger partial charge in [-0.05, 0) is 26.3 Å². The smallest absolute Gasteiger partial charge is 0.134 e. The third-order valence-electron chi connectivity index (χ3n) is 3.86. The van der Waals surface area contributed by atoms with Crippen LogP contribution in [0, 0.1) is 6.92 Å². The molecular weight excluding hydrogens is 262 g/mol. The summed E-state index contributed by atoms with van der Waals surface area (Å²) in [4.78, 5) is 0. The fourth-order valence-corrected chi connectivity index (χ4v) is 2.87. The SMILES string of the molecule is CCc1c(C(C)Nc2cn(C)nc2C)oc2ccccc12. The van der Waals surface area contributed by atoms with Crippen LogP contribution in [0.1, 0.15) is 36.9 Å². The average Bonchev–Trinajstić information content (AvgIpc) is 2.98. The van der Waals surface area contributed by atoms with Crippen molar-refractivity contribution in [2.45, 2.75) is 33.2 Å². The Balaban J connectivity index is 1.97. The van der Waals surface area contributed by atoms with Gasteiger partial charge in [0.15, 0.2) is 0 Å². The minimum Gasteiger partial charge on any atom is -0.459 e. The molecule has 110 valence electrons. The molecule has 1 aromatic carbocycles. The third-order valence-corrected chi connectivity index (χ3v) is 3.86. The minimum atomic E-state index is 0.107. The van der Waals surface area contributed by atoms with Crippen molar-refractivity contribution in [3.8, 4) is 0 Å². The quantitative estimate of drug-likeness (QED) is 0.780. The number of aromatic nitrogens is 2. The molecule has 4 heteroatoms. The maximum absolute atomic E-state index is 6.08. The van der Waals surface area contributed by atoms with Gasteiger partial charge in [0.05, 0.1) is 17.4 Å². The Morgan fingerprint density at radius 2 is 2.10 bits per heavy atom. The van der Waals surface area contributed by atoms with E-state index in [-0.39, 0.29) is 6.04 Å². The van der Waals surface area contributed by atoms with E-state index in [0.29, 0.717) is 0 Å². The largest absolute Gasteiger partial charge is 0.459 e. The van der Waals surface area contributed by atoms with Crippen molar-refractivity contribution in [2.75, 3.05) is 5.32 Å². The summed E-state index contributed by atoms with van der Waals surface area (Å²) in [6, 6.07) is 8.33. The van der Waals surface area contributed by atoms with Crippen molar-refractivity contribution in [3.05, 3.63) is 47.5 Å². The zero-order chi connectivity index (χ0) is 15.0. The molecule has 1 N–H and O–H groups in total. The Hall–Kier alpha value is -2.23. The maximum atomic E-state index is 6.08. The Morgan fingerprint density at radius 3 is 2.76 bits per heavy atom. The second kappa shape index (κ2) is 5.28. The standard InChI is InChI=1S/C17H21N3O/c1-5-13-14-8-6-7-9-16(14)21-17(13)12(3)18-15-10-20(4)19-11(15)2/h6-10,12,18H,5H2,1-4H3. The number of hydrogen-bond acceptors (Lipinski definition) is 3. The first-order valence-corrected chi connectivity index (χ1v) is 7.37. The molecule has 1 atom stereocenters. The molecule has 21 heavy (non-hydrogen) atoms. The molecule has 1 unspecified atom stereocenters. The van der Waals surface area contributed by atoms with Crippen LogP contribution in [0.15, 0.2) is 34.9 Å². The number of rotatable bonds is 4. The lowest BCUT2D eigenvalue weighted by Gasteiger charge is -2.13. The molecule has 0 aliphatic rings. The highest BCUT2D eigenvalue weighted by atomic mass is 16.3. The number of para-hydroxylation sites is 1. The average molecular weight is 283 g/mol. The molecule has 2 heterocycles. The van der Waals surface area contributed by atoms with E-state index in [2.05, 4.69) is 36.4 Å². The van der Waals surface area contributed by atoms with Gasteiger partial charge in [-0.3, -0.25) is 4.68 Å². The predicted molar refractivity (Wildman–Crippen MR) is 85.6 cm³/mol. The summed E-state index contributed by atoms with van der Waals surface area (Å²) in [6.07, 6.45) is 2.96. The van der Waals surface area contributed by atoms with Gasteiger partial charge in [0.2, 0.25) is 0 Å². The minimum absolute atomic E-state index is 0.107. The molecule has 0 saturated heterocycles. The number of anilines is 1. The molecule has 0 aliphatic heterocycles. The van der Waals surface area contributed by atoms with Gasteiger partial charge in [-0.1, -0.05) is 25.1 Å². The Morgan fingerprint density at radius 1 is 1.33 bits per heavy atom. The van der Waals surface area contributed by atoms with Gasteiger partial charge in [-0.15, -0.1) is 0 Å². The first-order chi connectivity index (χ1) is 10.1. The Bertz CT molecular complexity index is 770. The van der Waals surface area contributed by atoms with Gasteiger partial charge in [0.1, 0.15) is 11.3 Å². The van der Waals surface area contributed by atoms with Crippen LogP contribution in [-0.2, 0) is 13.5 Å². The van der Waals surface area contributed by atoms with Crippen LogP contribution in [0.2, 0.25) is 0 Å². The number of nitrogens with zero attached hydrogens (tertiary/aromatic N) is 2. The number of fused-ring (bicyclic) bond motifs is 1. The number of nitrogens with one attached hydrogen (secondary N) is 1. The Kier molecular flexibility index (Phi) is 3.45. The summed E-state index contributed by atoms with van der Waals surface area (Å²) in [5.41, 5.74) is 4.29. The summed E-state index contributed by atoms with van der Waals surface area (Å²) in [5, 5.41) is 9.09. The molecule has 3 aromatic rings. The monoisotopic (exact) mass is 283 g/mol. The van der Waals surface area contributed by atoms with Crippen molar-refractivity contribution in [1.82, 2.24) is 9.78 Å². The number of hydrogen-bond donors (Lipinski definition) is 1. The zero-order valence-corrected chi connectivity index (χ0v) is 13.0. The van der Waals surface area contributed by atoms with Crippen molar-refractivity contribution >= 4 is 16.7 Å². The number of aryl methyl sites for hydroxylation is 3. The normalized spacial score (nSPS) is 12.8. The van der Waals surface area contributed by atoms with E-state index in [1.165, 1.54) is 10.9 Å². The van der Waals surface area contributed by atoms with Crippen LogP contribution >= 0.6 is 0 Å². The molecule has 2 aromatic heterocycles. The van der Waals surface area contributed by atoms with Gasteiger partial charge in [0, 0.05) is 24.2 Å². The van der Waals surface area contributed by atoms with Gasteiger partial charge in [0.25, 0.3) is 0 Å². The van der Waals surface area contributed by atoms with Crippen LogP contribution in [-0.4, -0.2) is 9.78 Å². The van der Waals surface area contributed by atoms with Gasteiger partial charge < -0.3 is 9.73 Å². The van der Waals surface area contributed by atoms with Crippen LogP contribution in [0.25, 0.3) is 11.0 Å². The van der Waals surface area contributed by atoms with Gasteiger partial charge in [-0.2, -0.15) is 5.10 Å². The van der Waals surface area contributed by atoms with Crippen LogP contribution in [0.5, 0.6) is 0 Å². The molecule has 0 saturated carbocycles. The highest BCUT2D eigenvalue weighted by Crippen LogP contribution is 2.32. The molecule has 0 fully saturated rings. The van der Waals surface area contributed by atoms with E-state index >= 15 is 0 Å². The van der Waals surface area contributed by atoms with Gasteiger partial charge >= 0.3 is 0 Å². The van der Waals surface area contributed by atoms with Crippen molar-refractivity contribution in [3.63, 3.8) is 0 Å². The van der Waals surface area contributed by atoms with E-state index in [1.54, 1.807) is 0 Å². The highest BCUT2D eigenvalue weighted by molar-refractivity contribution is 5.82.